The quantitative estimate of drug-likeness (QED) is 0.896. The minimum absolute atomic E-state index is 0.00889. The summed E-state index contributed by atoms with van der Waals surface area (Å²) in [6, 6.07) is 17.4. The number of rotatable bonds is 5. The van der Waals surface area contributed by atoms with Gasteiger partial charge < -0.3 is 10.1 Å². The fourth-order valence-corrected chi connectivity index (χ4v) is 2.09. The Morgan fingerprint density at radius 1 is 1.15 bits per heavy atom. The summed E-state index contributed by atoms with van der Waals surface area (Å²) in [5, 5.41) is 2.90. The zero-order valence-corrected chi connectivity index (χ0v) is 11.8. The van der Waals surface area contributed by atoms with E-state index in [0.717, 1.165) is 11.4 Å². The second-order valence-electron chi connectivity index (χ2n) is 4.80. The molecular weight excluding hydrogens is 250 g/mol. The lowest BCUT2D eigenvalue weighted by molar-refractivity contribution is -0.116. The molecule has 1 amide bonds. The molecule has 0 saturated heterocycles. The summed E-state index contributed by atoms with van der Waals surface area (Å²) < 4.78 is 5.14. The molecule has 3 heteroatoms. The van der Waals surface area contributed by atoms with Crippen LogP contribution in [0, 0.1) is 0 Å². The molecule has 0 fully saturated rings. The van der Waals surface area contributed by atoms with Crippen molar-refractivity contribution >= 4 is 11.6 Å². The second-order valence-corrected chi connectivity index (χ2v) is 4.80. The molecule has 0 radical (unpaired) electrons. The Labute approximate surface area is 119 Å². The monoisotopic (exact) mass is 269 g/mol. The van der Waals surface area contributed by atoms with Gasteiger partial charge in [0, 0.05) is 18.2 Å². The van der Waals surface area contributed by atoms with E-state index in [1.54, 1.807) is 7.11 Å². The molecule has 20 heavy (non-hydrogen) atoms. The molecule has 3 nitrogen and oxygen atoms in total. The fourth-order valence-electron chi connectivity index (χ4n) is 2.09. The maximum atomic E-state index is 12.0. The minimum Gasteiger partial charge on any atom is -0.497 e. The Balaban J connectivity index is 1.95. The van der Waals surface area contributed by atoms with Crippen LogP contribution in [0.3, 0.4) is 0 Å². The van der Waals surface area contributed by atoms with Gasteiger partial charge in [-0.1, -0.05) is 43.3 Å². The summed E-state index contributed by atoms with van der Waals surface area (Å²) in [7, 11) is 1.61. The fraction of sp³-hybridized carbons (Fsp3) is 0.235. The molecule has 2 aromatic carbocycles. The molecule has 0 unspecified atom stereocenters. The summed E-state index contributed by atoms with van der Waals surface area (Å²) in [6.45, 7) is 2.06. The van der Waals surface area contributed by atoms with Crippen LogP contribution < -0.4 is 10.1 Å². The summed E-state index contributed by atoms with van der Waals surface area (Å²) in [4.78, 5) is 12.0. The third-order valence-corrected chi connectivity index (χ3v) is 3.21. The highest BCUT2D eigenvalue weighted by Gasteiger charge is 2.11. The van der Waals surface area contributed by atoms with Gasteiger partial charge in [-0.3, -0.25) is 4.79 Å². The van der Waals surface area contributed by atoms with E-state index >= 15 is 0 Å². The molecule has 0 aromatic heterocycles. The average Bonchev–Trinajstić information content (AvgIpc) is 2.48. The molecule has 1 N–H and O–H groups in total. The molecule has 0 saturated carbocycles. The number of amides is 1. The summed E-state index contributed by atoms with van der Waals surface area (Å²) in [5.74, 6) is 0.940. The first-order chi connectivity index (χ1) is 9.69. The average molecular weight is 269 g/mol. The van der Waals surface area contributed by atoms with Gasteiger partial charge in [-0.05, 0) is 23.6 Å². The van der Waals surface area contributed by atoms with Gasteiger partial charge in [-0.2, -0.15) is 0 Å². The van der Waals surface area contributed by atoms with E-state index in [-0.39, 0.29) is 11.8 Å². The van der Waals surface area contributed by atoms with Crippen LogP contribution in [-0.2, 0) is 4.79 Å². The third kappa shape index (κ3) is 3.85. The molecule has 2 rings (SSSR count). The number of benzene rings is 2. The maximum absolute atomic E-state index is 12.0. The molecule has 0 aliphatic carbocycles. The van der Waals surface area contributed by atoms with Crippen molar-refractivity contribution in [1.29, 1.82) is 0 Å². The molecule has 0 bridgehead atoms. The van der Waals surface area contributed by atoms with E-state index in [4.69, 9.17) is 4.74 Å². The van der Waals surface area contributed by atoms with Crippen molar-refractivity contribution in [2.24, 2.45) is 0 Å². The van der Waals surface area contributed by atoms with Crippen molar-refractivity contribution in [3.8, 4) is 5.75 Å². The second kappa shape index (κ2) is 6.75. The first kappa shape index (κ1) is 14.1. The highest BCUT2D eigenvalue weighted by atomic mass is 16.5. The predicted octanol–water partition coefficient (Wildman–Crippen LogP) is 3.83. The standard InChI is InChI=1S/C17H19NO2/c1-13(14-7-4-3-5-8-14)11-17(19)18-15-9-6-10-16(12-15)20-2/h3-10,12-13H,11H2,1-2H3,(H,18,19)/t13-/m1/s1. The van der Waals surface area contributed by atoms with Gasteiger partial charge in [-0.25, -0.2) is 0 Å². The number of ether oxygens (including phenoxy) is 1. The predicted molar refractivity (Wildman–Crippen MR) is 81.1 cm³/mol. The molecule has 1 atom stereocenters. The van der Waals surface area contributed by atoms with Gasteiger partial charge in [0.2, 0.25) is 5.91 Å². The van der Waals surface area contributed by atoms with E-state index < -0.39 is 0 Å². The Hall–Kier alpha value is -2.29. The van der Waals surface area contributed by atoms with Gasteiger partial charge in [-0.15, -0.1) is 0 Å². The van der Waals surface area contributed by atoms with Crippen LogP contribution in [0.25, 0.3) is 0 Å². The molecule has 0 aliphatic rings. The molecule has 2 aromatic rings. The van der Waals surface area contributed by atoms with Crippen LogP contribution in [0.4, 0.5) is 5.69 Å². The van der Waals surface area contributed by atoms with Crippen molar-refractivity contribution in [2.75, 3.05) is 12.4 Å². The third-order valence-electron chi connectivity index (χ3n) is 3.21. The van der Waals surface area contributed by atoms with Crippen LogP contribution in [0.15, 0.2) is 54.6 Å². The zero-order valence-electron chi connectivity index (χ0n) is 11.8. The molecule has 0 aliphatic heterocycles. The molecule has 104 valence electrons. The number of carbonyl (C=O) groups excluding carboxylic acids is 1. The smallest absolute Gasteiger partial charge is 0.224 e. The van der Waals surface area contributed by atoms with Crippen LogP contribution in [-0.4, -0.2) is 13.0 Å². The van der Waals surface area contributed by atoms with Crippen LogP contribution in [0.1, 0.15) is 24.8 Å². The summed E-state index contributed by atoms with van der Waals surface area (Å²) in [5.41, 5.74) is 1.93. The van der Waals surface area contributed by atoms with Gasteiger partial charge >= 0.3 is 0 Å². The molecule has 0 heterocycles. The lowest BCUT2D eigenvalue weighted by Crippen LogP contribution is -2.14. The Kier molecular flexibility index (Phi) is 4.77. The lowest BCUT2D eigenvalue weighted by atomic mass is 9.97. The zero-order chi connectivity index (χ0) is 14.4. The molecular formula is C17H19NO2. The largest absolute Gasteiger partial charge is 0.497 e. The topological polar surface area (TPSA) is 38.3 Å². The minimum atomic E-state index is 0.00889. The number of hydrogen-bond donors (Lipinski definition) is 1. The van der Waals surface area contributed by atoms with E-state index in [1.807, 2.05) is 54.6 Å². The normalized spacial score (nSPS) is 11.7. The van der Waals surface area contributed by atoms with E-state index in [2.05, 4.69) is 12.2 Å². The van der Waals surface area contributed by atoms with Gasteiger partial charge in [0.25, 0.3) is 0 Å². The van der Waals surface area contributed by atoms with Gasteiger partial charge in [0.15, 0.2) is 0 Å². The first-order valence-corrected chi connectivity index (χ1v) is 6.68. The summed E-state index contributed by atoms with van der Waals surface area (Å²) >= 11 is 0. The Morgan fingerprint density at radius 3 is 2.60 bits per heavy atom. The Bertz CT molecular complexity index is 566. The number of hydrogen-bond acceptors (Lipinski definition) is 2. The molecule has 0 spiro atoms. The van der Waals surface area contributed by atoms with Crippen LogP contribution in [0.2, 0.25) is 0 Å². The van der Waals surface area contributed by atoms with Crippen molar-refractivity contribution in [2.45, 2.75) is 19.3 Å². The SMILES string of the molecule is COc1cccc(NC(=O)C[C@@H](C)c2ccccc2)c1. The number of anilines is 1. The maximum Gasteiger partial charge on any atom is 0.224 e. The summed E-state index contributed by atoms with van der Waals surface area (Å²) in [6.07, 6.45) is 0.460. The van der Waals surface area contributed by atoms with Crippen molar-refractivity contribution in [3.63, 3.8) is 0 Å². The van der Waals surface area contributed by atoms with E-state index in [0.29, 0.717) is 6.42 Å². The van der Waals surface area contributed by atoms with Crippen molar-refractivity contribution in [3.05, 3.63) is 60.2 Å². The Morgan fingerprint density at radius 2 is 1.90 bits per heavy atom. The lowest BCUT2D eigenvalue weighted by Gasteiger charge is -2.12. The van der Waals surface area contributed by atoms with Crippen molar-refractivity contribution in [1.82, 2.24) is 0 Å². The first-order valence-electron chi connectivity index (χ1n) is 6.68. The number of nitrogens with one attached hydrogen (secondary N) is 1. The van der Waals surface area contributed by atoms with E-state index in [9.17, 15) is 4.79 Å². The highest BCUT2D eigenvalue weighted by Crippen LogP contribution is 2.21. The highest BCUT2D eigenvalue weighted by molar-refractivity contribution is 5.91. The van der Waals surface area contributed by atoms with Crippen LogP contribution >= 0.6 is 0 Å². The number of carbonyl (C=O) groups is 1. The van der Waals surface area contributed by atoms with Gasteiger partial charge in [0.1, 0.15) is 5.75 Å². The number of methoxy groups -OCH3 is 1. The van der Waals surface area contributed by atoms with Crippen molar-refractivity contribution < 1.29 is 9.53 Å². The van der Waals surface area contributed by atoms with Gasteiger partial charge in [0.05, 0.1) is 7.11 Å². The van der Waals surface area contributed by atoms with E-state index in [1.165, 1.54) is 5.56 Å². The van der Waals surface area contributed by atoms with Crippen LogP contribution in [0.5, 0.6) is 5.75 Å².